The first-order valence-corrected chi connectivity index (χ1v) is 6.23. The summed E-state index contributed by atoms with van der Waals surface area (Å²) in [6.45, 7) is 7.33. The van der Waals surface area contributed by atoms with Gasteiger partial charge in [-0.25, -0.2) is 4.79 Å². The monoisotopic (exact) mass is 271 g/mol. The fourth-order valence-corrected chi connectivity index (χ4v) is 1.73. The highest BCUT2D eigenvalue weighted by molar-refractivity contribution is 5.92. The van der Waals surface area contributed by atoms with Crippen molar-refractivity contribution in [2.24, 2.45) is 0 Å². The first-order chi connectivity index (χ1) is 9.40. The zero-order valence-electron chi connectivity index (χ0n) is 11.6. The molecule has 2 N–H and O–H groups in total. The van der Waals surface area contributed by atoms with Crippen molar-refractivity contribution in [3.8, 4) is 6.07 Å². The quantitative estimate of drug-likeness (QED) is 0.637. The molecule has 1 atom stereocenters. The first kappa shape index (κ1) is 15.7. The zero-order chi connectivity index (χ0) is 15.3. The number of aliphatic carboxylic acids is 1. The maximum Gasteiger partial charge on any atom is 0.334 e. The molecule has 0 aliphatic heterocycles. The molecule has 0 radical (unpaired) electrons. The lowest BCUT2D eigenvalue weighted by molar-refractivity contribution is -0.133. The van der Waals surface area contributed by atoms with Gasteiger partial charge >= 0.3 is 5.97 Å². The Balaban J connectivity index is 3.18. The molecule has 4 heteroatoms. The van der Waals surface area contributed by atoms with Crippen LogP contribution in [-0.4, -0.2) is 22.3 Å². The molecule has 0 heterocycles. The zero-order valence-corrected chi connectivity index (χ0v) is 11.6. The lowest BCUT2D eigenvalue weighted by Crippen LogP contribution is -2.16. The van der Waals surface area contributed by atoms with Crippen LogP contribution in [0, 0.1) is 18.3 Å². The van der Waals surface area contributed by atoms with Crippen molar-refractivity contribution >= 4 is 11.5 Å². The summed E-state index contributed by atoms with van der Waals surface area (Å²) in [7, 11) is 0. The van der Waals surface area contributed by atoms with Gasteiger partial charge in [0.2, 0.25) is 0 Å². The highest BCUT2D eigenvalue weighted by atomic mass is 16.4. The van der Waals surface area contributed by atoms with E-state index in [1.165, 1.54) is 6.08 Å². The molecule has 0 amide bonds. The summed E-state index contributed by atoms with van der Waals surface area (Å²) in [5.41, 5.74) is 2.38. The number of carbonyl (C=O) groups is 1. The van der Waals surface area contributed by atoms with E-state index in [9.17, 15) is 9.90 Å². The number of carboxylic acid groups (broad SMARTS) is 1. The van der Waals surface area contributed by atoms with Gasteiger partial charge in [0.1, 0.15) is 0 Å². The Hall–Kier alpha value is -2.38. The van der Waals surface area contributed by atoms with Gasteiger partial charge in [0.25, 0.3) is 0 Å². The summed E-state index contributed by atoms with van der Waals surface area (Å²) in [5, 5.41) is 27.8. The summed E-state index contributed by atoms with van der Waals surface area (Å²) in [6, 6.07) is 7.28. The minimum Gasteiger partial charge on any atom is -0.478 e. The van der Waals surface area contributed by atoms with Crippen molar-refractivity contribution in [3.63, 3.8) is 0 Å². The smallest absolute Gasteiger partial charge is 0.334 e. The van der Waals surface area contributed by atoms with Gasteiger partial charge in [-0.3, -0.25) is 0 Å². The van der Waals surface area contributed by atoms with Crippen LogP contribution in [0.2, 0.25) is 0 Å². The number of carboxylic acids is 1. The average molecular weight is 271 g/mol. The topological polar surface area (TPSA) is 81.3 Å². The highest BCUT2D eigenvalue weighted by Crippen LogP contribution is 2.21. The molecular formula is C16H17NO3. The fraction of sp³-hybridized carbons (Fsp3) is 0.250. The summed E-state index contributed by atoms with van der Waals surface area (Å²) >= 11 is 0. The van der Waals surface area contributed by atoms with Crippen LogP contribution in [-0.2, 0) is 4.79 Å². The van der Waals surface area contributed by atoms with Crippen LogP contribution in [0.3, 0.4) is 0 Å². The molecule has 1 unspecified atom stereocenters. The molecule has 104 valence electrons. The predicted octanol–water partition coefficient (Wildman–Crippen LogP) is 2.66. The number of allylic oxidation sites excluding steroid dienone is 2. The number of aliphatic hydroxyl groups excluding tert-OH is 1. The van der Waals surface area contributed by atoms with E-state index in [2.05, 4.69) is 12.6 Å². The number of aliphatic hydroxyl groups is 1. The summed E-state index contributed by atoms with van der Waals surface area (Å²) in [6.07, 6.45) is 0.621. The van der Waals surface area contributed by atoms with E-state index in [1.54, 1.807) is 25.1 Å². The van der Waals surface area contributed by atoms with Crippen LogP contribution < -0.4 is 0 Å². The Labute approximate surface area is 118 Å². The van der Waals surface area contributed by atoms with Gasteiger partial charge in [-0.2, -0.15) is 5.26 Å². The second-order valence-corrected chi connectivity index (χ2v) is 4.50. The highest BCUT2D eigenvalue weighted by Gasteiger charge is 2.16. The van der Waals surface area contributed by atoms with E-state index in [1.807, 2.05) is 6.92 Å². The van der Waals surface area contributed by atoms with Crippen LogP contribution >= 0.6 is 0 Å². The number of hydrogen-bond donors (Lipinski definition) is 2. The molecule has 0 aliphatic carbocycles. The minimum atomic E-state index is -1.17. The van der Waals surface area contributed by atoms with Crippen molar-refractivity contribution in [1.82, 2.24) is 0 Å². The Morgan fingerprint density at radius 3 is 2.70 bits per heavy atom. The van der Waals surface area contributed by atoms with Gasteiger partial charge in [-0.05, 0) is 42.2 Å². The maximum absolute atomic E-state index is 11.1. The normalized spacial score (nSPS) is 12.6. The minimum absolute atomic E-state index is 0.100. The third-order valence-corrected chi connectivity index (χ3v) is 3.05. The molecule has 0 aliphatic rings. The third-order valence-electron chi connectivity index (χ3n) is 3.05. The van der Waals surface area contributed by atoms with Crippen LogP contribution in [0.1, 0.15) is 30.0 Å². The molecule has 0 bridgehead atoms. The largest absolute Gasteiger partial charge is 0.478 e. The first-order valence-electron chi connectivity index (χ1n) is 6.23. The molecule has 0 saturated carbocycles. The SMILES string of the molecule is C=C(/C=C(/C(=O)O)C(O)CC)c1ccc(C)c(C#N)c1. The number of nitriles is 1. The lowest BCUT2D eigenvalue weighted by Gasteiger charge is -2.10. The number of hydrogen-bond acceptors (Lipinski definition) is 3. The van der Waals surface area contributed by atoms with Gasteiger partial charge < -0.3 is 10.2 Å². The van der Waals surface area contributed by atoms with E-state index in [4.69, 9.17) is 10.4 Å². The predicted molar refractivity (Wildman–Crippen MR) is 76.9 cm³/mol. The summed E-state index contributed by atoms with van der Waals surface area (Å²) in [4.78, 5) is 11.1. The average Bonchev–Trinajstić information content (AvgIpc) is 2.43. The van der Waals surface area contributed by atoms with E-state index in [0.29, 0.717) is 23.1 Å². The molecule has 4 nitrogen and oxygen atoms in total. The molecule has 1 aromatic rings. The van der Waals surface area contributed by atoms with E-state index in [-0.39, 0.29) is 5.57 Å². The molecule has 20 heavy (non-hydrogen) atoms. The standard InChI is InChI=1S/C16H17NO3/c1-4-15(18)14(16(19)20)7-11(3)12-6-5-10(2)13(8-12)9-17/h5-8,15,18H,3-4H2,1-2H3,(H,19,20)/b14-7+. The lowest BCUT2D eigenvalue weighted by atomic mass is 9.98. The number of benzene rings is 1. The second-order valence-electron chi connectivity index (χ2n) is 4.50. The summed E-state index contributed by atoms with van der Waals surface area (Å²) in [5.74, 6) is -1.17. The van der Waals surface area contributed by atoms with Gasteiger partial charge in [0, 0.05) is 0 Å². The van der Waals surface area contributed by atoms with Crippen LogP contribution in [0.25, 0.3) is 5.57 Å². The van der Waals surface area contributed by atoms with Gasteiger partial charge in [0.15, 0.2) is 0 Å². The van der Waals surface area contributed by atoms with Crippen molar-refractivity contribution in [3.05, 3.63) is 53.1 Å². The Kier molecular flexibility index (Phi) is 5.24. The van der Waals surface area contributed by atoms with E-state index >= 15 is 0 Å². The van der Waals surface area contributed by atoms with Crippen LogP contribution in [0.5, 0.6) is 0 Å². The molecule has 0 fully saturated rings. The van der Waals surface area contributed by atoms with Crippen molar-refractivity contribution in [2.45, 2.75) is 26.4 Å². The van der Waals surface area contributed by atoms with E-state index in [0.717, 1.165) is 5.56 Å². The third kappa shape index (κ3) is 3.56. The fourth-order valence-electron chi connectivity index (χ4n) is 1.73. The Morgan fingerprint density at radius 1 is 1.55 bits per heavy atom. The molecule has 1 aromatic carbocycles. The van der Waals surface area contributed by atoms with E-state index < -0.39 is 12.1 Å². The number of nitrogens with zero attached hydrogens (tertiary/aromatic N) is 1. The van der Waals surface area contributed by atoms with Gasteiger partial charge in [-0.15, -0.1) is 0 Å². The second kappa shape index (κ2) is 6.69. The van der Waals surface area contributed by atoms with Crippen LogP contribution in [0.15, 0.2) is 36.4 Å². The molecule has 0 saturated heterocycles. The molecule has 0 spiro atoms. The van der Waals surface area contributed by atoms with Gasteiger partial charge in [-0.1, -0.05) is 25.6 Å². The van der Waals surface area contributed by atoms with Crippen LogP contribution in [0.4, 0.5) is 0 Å². The Bertz CT molecular complexity index is 609. The van der Waals surface area contributed by atoms with Gasteiger partial charge in [0.05, 0.1) is 23.3 Å². The molecule has 0 aromatic heterocycles. The maximum atomic E-state index is 11.1. The molecule has 1 rings (SSSR count). The summed E-state index contributed by atoms with van der Waals surface area (Å²) < 4.78 is 0. The number of rotatable bonds is 5. The Morgan fingerprint density at radius 2 is 2.20 bits per heavy atom. The van der Waals surface area contributed by atoms with Crippen molar-refractivity contribution < 1.29 is 15.0 Å². The van der Waals surface area contributed by atoms with Crippen molar-refractivity contribution in [2.75, 3.05) is 0 Å². The number of aryl methyl sites for hydroxylation is 1. The molecular weight excluding hydrogens is 254 g/mol. The van der Waals surface area contributed by atoms with Crippen molar-refractivity contribution in [1.29, 1.82) is 5.26 Å².